The van der Waals surface area contributed by atoms with Crippen LogP contribution in [0.4, 0.5) is 11.4 Å². The molecular formula is C19H29N3O2. The minimum absolute atomic E-state index is 0.0757. The van der Waals surface area contributed by atoms with Crippen LogP contribution < -0.4 is 10.6 Å². The summed E-state index contributed by atoms with van der Waals surface area (Å²) in [5.74, 6) is 0.590. The maximum absolute atomic E-state index is 12.4. The number of rotatable bonds is 7. The van der Waals surface area contributed by atoms with Crippen LogP contribution in [0.25, 0.3) is 0 Å². The highest BCUT2D eigenvalue weighted by molar-refractivity contribution is 5.96. The number of likely N-dealkylation sites (tertiary alicyclic amines) is 1. The fraction of sp³-hybridized carbons (Fsp3) is 0.632. The van der Waals surface area contributed by atoms with Gasteiger partial charge < -0.3 is 20.3 Å². The maximum atomic E-state index is 12.4. The van der Waals surface area contributed by atoms with Gasteiger partial charge in [-0.3, -0.25) is 4.79 Å². The monoisotopic (exact) mass is 331 g/mol. The Labute approximate surface area is 144 Å². The van der Waals surface area contributed by atoms with E-state index in [1.54, 1.807) is 0 Å². The minimum Gasteiger partial charge on any atom is -0.381 e. The van der Waals surface area contributed by atoms with Gasteiger partial charge in [0.1, 0.15) is 6.10 Å². The Bertz CT molecular complexity index is 551. The number of nitrogens with one attached hydrogen (secondary N) is 2. The van der Waals surface area contributed by atoms with Crippen molar-refractivity contribution in [3.8, 4) is 0 Å². The fourth-order valence-electron chi connectivity index (χ4n) is 2.97. The molecule has 0 radical (unpaired) electrons. The highest BCUT2D eigenvalue weighted by atomic mass is 16.5. The number of carbonyl (C=O) groups is 1. The van der Waals surface area contributed by atoms with Crippen molar-refractivity contribution in [2.24, 2.45) is 5.92 Å². The quantitative estimate of drug-likeness (QED) is 0.806. The number of para-hydroxylation sites is 2. The van der Waals surface area contributed by atoms with Crippen LogP contribution in [-0.2, 0) is 9.53 Å². The molecule has 132 valence electrons. The van der Waals surface area contributed by atoms with Crippen molar-refractivity contribution in [2.75, 3.05) is 37.4 Å². The van der Waals surface area contributed by atoms with E-state index in [-0.39, 0.29) is 5.91 Å². The number of carbonyl (C=O) groups excluding carboxylic acids is 1. The first kappa shape index (κ1) is 17.2. The molecule has 1 amide bonds. The number of amides is 1. The van der Waals surface area contributed by atoms with Gasteiger partial charge in [0.05, 0.1) is 18.0 Å². The van der Waals surface area contributed by atoms with E-state index in [9.17, 15) is 4.79 Å². The molecule has 1 aliphatic heterocycles. The van der Waals surface area contributed by atoms with E-state index in [0.29, 0.717) is 18.6 Å². The first-order valence-electron chi connectivity index (χ1n) is 9.08. The van der Waals surface area contributed by atoms with E-state index in [2.05, 4.69) is 22.6 Å². The van der Waals surface area contributed by atoms with Crippen LogP contribution in [0.3, 0.4) is 0 Å². The number of anilines is 2. The van der Waals surface area contributed by atoms with Crippen LogP contribution in [0.2, 0.25) is 0 Å². The van der Waals surface area contributed by atoms with Gasteiger partial charge in [0.15, 0.2) is 0 Å². The molecule has 1 atom stereocenters. The molecule has 24 heavy (non-hydrogen) atoms. The molecule has 5 heteroatoms. The zero-order valence-electron chi connectivity index (χ0n) is 14.8. The zero-order valence-corrected chi connectivity index (χ0v) is 14.8. The molecule has 1 heterocycles. The van der Waals surface area contributed by atoms with Crippen LogP contribution in [0.15, 0.2) is 24.3 Å². The number of benzene rings is 1. The van der Waals surface area contributed by atoms with Crippen molar-refractivity contribution in [2.45, 2.75) is 44.8 Å². The number of nitrogens with zero attached hydrogens (tertiary/aromatic N) is 1. The fourth-order valence-corrected chi connectivity index (χ4v) is 2.97. The molecule has 3 rings (SSSR count). The Morgan fingerprint density at radius 1 is 1.21 bits per heavy atom. The summed E-state index contributed by atoms with van der Waals surface area (Å²) in [5, 5.41) is 6.61. The first-order chi connectivity index (χ1) is 11.6. The van der Waals surface area contributed by atoms with Gasteiger partial charge in [-0.1, -0.05) is 12.1 Å². The molecule has 1 saturated carbocycles. The normalized spacial score (nSPS) is 20.6. The lowest BCUT2D eigenvalue weighted by Crippen LogP contribution is -2.37. The molecule has 5 nitrogen and oxygen atoms in total. The summed E-state index contributed by atoms with van der Waals surface area (Å²) in [7, 11) is 2.16. The highest BCUT2D eigenvalue weighted by Crippen LogP contribution is 2.29. The molecule has 1 saturated heterocycles. The summed E-state index contributed by atoms with van der Waals surface area (Å²) in [4.78, 5) is 14.7. The summed E-state index contributed by atoms with van der Waals surface area (Å²) >= 11 is 0. The van der Waals surface area contributed by atoms with Crippen molar-refractivity contribution >= 4 is 17.3 Å². The number of piperidine rings is 1. The first-order valence-corrected chi connectivity index (χ1v) is 9.08. The average molecular weight is 331 g/mol. The van der Waals surface area contributed by atoms with Crippen LogP contribution in [0.1, 0.15) is 32.6 Å². The maximum Gasteiger partial charge on any atom is 0.253 e. The van der Waals surface area contributed by atoms with Crippen LogP contribution in [0, 0.1) is 5.92 Å². The second-order valence-electron chi connectivity index (χ2n) is 7.18. The average Bonchev–Trinajstić information content (AvgIpc) is 3.41. The molecule has 2 N–H and O–H groups in total. The molecule has 0 aromatic heterocycles. The molecule has 1 aromatic rings. The van der Waals surface area contributed by atoms with Gasteiger partial charge in [0.25, 0.3) is 5.91 Å². The highest BCUT2D eigenvalue weighted by Gasteiger charge is 2.24. The van der Waals surface area contributed by atoms with Crippen molar-refractivity contribution in [3.63, 3.8) is 0 Å². The zero-order chi connectivity index (χ0) is 16.9. The van der Waals surface area contributed by atoms with Crippen molar-refractivity contribution in [1.82, 2.24) is 4.90 Å². The van der Waals surface area contributed by atoms with Gasteiger partial charge in [-0.2, -0.15) is 0 Å². The molecule has 1 unspecified atom stereocenters. The number of hydrogen-bond donors (Lipinski definition) is 2. The van der Waals surface area contributed by atoms with E-state index in [4.69, 9.17) is 4.74 Å². The van der Waals surface area contributed by atoms with Crippen LogP contribution in [0.5, 0.6) is 0 Å². The lowest BCUT2D eigenvalue weighted by atomic mass is 10.0. The SMILES string of the molecule is CC(OCC1CC1)C(=O)Nc1ccccc1NC1CCN(C)CC1. The van der Waals surface area contributed by atoms with Crippen molar-refractivity contribution < 1.29 is 9.53 Å². The van der Waals surface area contributed by atoms with Gasteiger partial charge in [-0.15, -0.1) is 0 Å². The topological polar surface area (TPSA) is 53.6 Å². The third-order valence-corrected chi connectivity index (χ3v) is 4.91. The lowest BCUT2D eigenvalue weighted by molar-refractivity contribution is -0.126. The van der Waals surface area contributed by atoms with E-state index in [1.807, 2.05) is 31.2 Å². The van der Waals surface area contributed by atoms with Crippen LogP contribution >= 0.6 is 0 Å². The van der Waals surface area contributed by atoms with Gasteiger partial charge in [0, 0.05) is 6.04 Å². The number of hydrogen-bond acceptors (Lipinski definition) is 4. The molecule has 0 bridgehead atoms. The molecular weight excluding hydrogens is 302 g/mol. The summed E-state index contributed by atoms with van der Waals surface area (Å²) in [6.45, 7) is 4.74. The molecule has 2 aliphatic rings. The van der Waals surface area contributed by atoms with Crippen molar-refractivity contribution in [3.05, 3.63) is 24.3 Å². The van der Waals surface area contributed by atoms with Gasteiger partial charge >= 0.3 is 0 Å². The van der Waals surface area contributed by atoms with Gasteiger partial charge in [-0.05, 0) is 70.8 Å². The second kappa shape index (κ2) is 7.99. The number of ether oxygens (including phenoxy) is 1. The lowest BCUT2D eigenvalue weighted by Gasteiger charge is -2.30. The Morgan fingerprint density at radius 3 is 2.54 bits per heavy atom. The summed E-state index contributed by atoms with van der Waals surface area (Å²) in [6, 6.07) is 8.39. The molecule has 2 fully saturated rings. The summed E-state index contributed by atoms with van der Waals surface area (Å²) in [6.07, 6.45) is 4.30. The third-order valence-electron chi connectivity index (χ3n) is 4.91. The Balaban J connectivity index is 1.55. The predicted molar refractivity (Wildman–Crippen MR) is 97.4 cm³/mol. The minimum atomic E-state index is -0.415. The largest absolute Gasteiger partial charge is 0.381 e. The standard InChI is InChI=1S/C19H29N3O2/c1-14(24-13-15-7-8-15)19(23)21-18-6-4-3-5-17(18)20-16-9-11-22(2)12-10-16/h3-6,14-16,20H,7-13H2,1-2H3,(H,21,23). The smallest absolute Gasteiger partial charge is 0.253 e. The Kier molecular flexibility index (Phi) is 5.74. The van der Waals surface area contributed by atoms with Crippen molar-refractivity contribution in [1.29, 1.82) is 0 Å². The third kappa shape index (κ3) is 4.95. The molecule has 1 aliphatic carbocycles. The molecule has 1 aromatic carbocycles. The van der Waals surface area contributed by atoms with Gasteiger partial charge in [0.2, 0.25) is 0 Å². The summed E-state index contributed by atoms with van der Waals surface area (Å²) in [5.41, 5.74) is 1.83. The molecule has 0 spiro atoms. The van der Waals surface area contributed by atoms with E-state index in [0.717, 1.165) is 37.3 Å². The Morgan fingerprint density at radius 2 is 1.88 bits per heavy atom. The van der Waals surface area contributed by atoms with E-state index >= 15 is 0 Å². The van der Waals surface area contributed by atoms with E-state index < -0.39 is 6.10 Å². The van der Waals surface area contributed by atoms with Gasteiger partial charge in [-0.25, -0.2) is 0 Å². The van der Waals surface area contributed by atoms with Crippen LogP contribution in [-0.4, -0.2) is 49.7 Å². The Hall–Kier alpha value is -1.59. The van der Waals surface area contributed by atoms with E-state index in [1.165, 1.54) is 12.8 Å². The predicted octanol–water partition coefficient (Wildman–Crippen LogP) is 2.95. The summed E-state index contributed by atoms with van der Waals surface area (Å²) < 4.78 is 5.66. The second-order valence-corrected chi connectivity index (χ2v) is 7.18.